The van der Waals surface area contributed by atoms with Crippen LogP contribution in [0.25, 0.3) is 0 Å². The van der Waals surface area contributed by atoms with Crippen LogP contribution in [-0.4, -0.2) is 22.1 Å². The summed E-state index contributed by atoms with van der Waals surface area (Å²) in [5.74, 6) is 1.47. The third kappa shape index (κ3) is 2.68. The smallest absolute Gasteiger partial charge is 0.254 e. The Balaban J connectivity index is 1.94. The Kier molecular flexibility index (Phi) is 3.50. The maximum Gasteiger partial charge on any atom is 0.254 e. The van der Waals surface area contributed by atoms with Gasteiger partial charge in [0, 0.05) is 11.7 Å². The van der Waals surface area contributed by atoms with E-state index in [0.29, 0.717) is 17.5 Å². The van der Waals surface area contributed by atoms with Crippen LogP contribution in [0.2, 0.25) is 0 Å². The second-order valence-electron chi connectivity index (χ2n) is 5.35. The van der Waals surface area contributed by atoms with Gasteiger partial charge < -0.3 is 5.32 Å². The van der Waals surface area contributed by atoms with Crippen LogP contribution in [0.4, 0.5) is 0 Å². The van der Waals surface area contributed by atoms with E-state index in [-0.39, 0.29) is 5.91 Å². The lowest BCUT2D eigenvalue weighted by Crippen LogP contribution is -2.39. The van der Waals surface area contributed by atoms with E-state index in [4.69, 9.17) is 0 Å². The van der Waals surface area contributed by atoms with Crippen molar-refractivity contribution < 1.29 is 4.79 Å². The van der Waals surface area contributed by atoms with Crippen LogP contribution in [0.3, 0.4) is 0 Å². The van der Waals surface area contributed by atoms with Crippen molar-refractivity contribution in [2.24, 2.45) is 11.8 Å². The van der Waals surface area contributed by atoms with Gasteiger partial charge in [-0.05, 0) is 38.0 Å². The molecule has 4 heteroatoms. The number of hydrogen-bond acceptors (Lipinski definition) is 2. The summed E-state index contributed by atoms with van der Waals surface area (Å²) in [6.07, 6.45) is 4.98. The summed E-state index contributed by atoms with van der Waals surface area (Å²) < 4.78 is 0. The van der Waals surface area contributed by atoms with Gasteiger partial charge >= 0.3 is 0 Å². The molecule has 17 heavy (non-hydrogen) atoms. The molecule has 2 N–H and O–H groups in total. The number of nitrogens with one attached hydrogen (secondary N) is 2. The largest absolute Gasteiger partial charge is 0.349 e. The minimum absolute atomic E-state index is 0.00278. The van der Waals surface area contributed by atoms with Gasteiger partial charge in [-0.25, -0.2) is 0 Å². The molecule has 1 amide bonds. The summed E-state index contributed by atoms with van der Waals surface area (Å²) in [6.45, 7) is 6.43. The van der Waals surface area contributed by atoms with Crippen molar-refractivity contribution in [1.82, 2.24) is 15.5 Å². The molecule has 2 rings (SSSR count). The van der Waals surface area contributed by atoms with Crippen LogP contribution in [0.15, 0.2) is 6.20 Å². The van der Waals surface area contributed by atoms with Crippen LogP contribution in [0.5, 0.6) is 0 Å². The highest BCUT2D eigenvalue weighted by Crippen LogP contribution is 2.29. The third-order valence-electron chi connectivity index (χ3n) is 4.01. The molecule has 4 nitrogen and oxygen atoms in total. The van der Waals surface area contributed by atoms with Gasteiger partial charge in [-0.3, -0.25) is 9.89 Å². The van der Waals surface area contributed by atoms with Gasteiger partial charge in [0.2, 0.25) is 0 Å². The van der Waals surface area contributed by atoms with Gasteiger partial charge in [-0.2, -0.15) is 5.10 Å². The average molecular weight is 235 g/mol. The van der Waals surface area contributed by atoms with Gasteiger partial charge in [-0.1, -0.05) is 13.8 Å². The zero-order valence-electron chi connectivity index (χ0n) is 10.8. The van der Waals surface area contributed by atoms with Crippen molar-refractivity contribution in [2.45, 2.75) is 46.1 Å². The van der Waals surface area contributed by atoms with Crippen molar-refractivity contribution in [2.75, 3.05) is 0 Å². The number of aryl methyl sites for hydroxylation is 1. The van der Waals surface area contributed by atoms with E-state index in [1.807, 2.05) is 6.92 Å². The second-order valence-corrected chi connectivity index (χ2v) is 5.35. The Morgan fingerprint density at radius 1 is 1.41 bits per heavy atom. The molecule has 1 saturated carbocycles. The lowest BCUT2D eigenvalue weighted by molar-refractivity contribution is 0.0910. The third-order valence-corrected chi connectivity index (χ3v) is 4.01. The fourth-order valence-electron chi connectivity index (χ4n) is 2.52. The normalized spacial score (nSPS) is 29.0. The molecule has 94 valence electrons. The van der Waals surface area contributed by atoms with E-state index < -0.39 is 0 Å². The van der Waals surface area contributed by atoms with E-state index in [9.17, 15) is 4.79 Å². The van der Waals surface area contributed by atoms with Crippen LogP contribution in [-0.2, 0) is 0 Å². The number of aromatic amines is 1. The van der Waals surface area contributed by atoms with Crippen molar-refractivity contribution in [3.63, 3.8) is 0 Å². The van der Waals surface area contributed by atoms with Gasteiger partial charge in [0.25, 0.3) is 5.91 Å². The van der Waals surface area contributed by atoms with Crippen LogP contribution in [0, 0.1) is 18.8 Å². The molecule has 0 aliphatic heterocycles. The minimum atomic E-state index is 0.00278. The van der Waals surface area contributed by atoms with Crippen LogP contribution < -0.4 is 5.32 Å². The topological polar surface area (TPSA) is 57.8 Å². The molecule has 3 atom stereocenters. The molecular formula is C13H21N3O. The average Bonchev–Trinajstić information content (AvgIpc) is 2.70. The number of rotatable bonds is 2. The summed E-state index contributed by atoms with van der Waals surface area (Å²) >= 11 is 0. The second kappa shape index (κ2) is 4.90. The lowest BCUT2D eigenvalue weighted by Gasteiger charge is -2.32. The molecule has 0 spiro atoms. The SMILES string of the molecule is Cc1[nH]ncc1C(=O)NC1CCC(C)C(C)C1. The predicted octanol–water partition coefficient (Wildman–Crippen LogP) is 2.27. The molecule has 1 aromatic rings. The van der Waals surface area contributed by atoms with Gasteiger partial charge in [-0.15, -0.1) is 0 Å². The number of aromatic nitrogens is 2. The van der Waals surface area contributed by atoms with Crippen molar-refractivity contribution in [3.05, 3.63) is 17.5 Å². The summed E-state index contributed by atoms with van der Waals surface area (Å²) in [7, 11) is 0. The van der Waals surface area contributed by atoms with E-state index in [2.05, 4.69) is 29.4 Å². The molecule has 0 radical (unpaired) electrons. The highest BCUT2D eigenvalue weighted by molar-refractivity contribution is 5.95. The maximum atomic E-state index is 12.0. The quantitative estimate of drug-likeness (QED) is 0.826. The van der Waals surface area contributed by atoms with Crippen LogP contribution >= 0.6 is 0 Å². The monoisotopic (exact) mass is 235 g/mol. The number of nitrogens with zero attached hydrogens (tertiary/aromatic N) is 1. The molecule has 1 aromatic heterocycles. The Bertz CT molecular complexity index is 399. The summed E-state index contributed by atoms with van der Waals surface area (Å²) in [5.41, 5.74) is 1.50. The molecule has 0 aromatic carbocycles. The molecule has 0 bridgehead atoms. The van der Waals surface area contributed by atoms with Crippen molar-refractivity contribution in [1.29, 1.82) is 0 Å². The van der Waals surface area contributed by atoms with Crippen molar-refractivity contribution in [3.8, 4) is 0 Å². The van der Waals surface area contributed by atoms with E-state index in [1.165, 1.54) is 6.42 Å². The van der Waals surface area contributed by atoms with Gasteiger partial charge in [0.1, 0.15) is 0 Å². The first-order valence-corrected chi connectivity index (χ1v) is 6.38. The van der Waals surface area contributed by atoms with Gasteiger partial charge in [0.15, 0.2) is 0 Å². The van der Waals surface area contributed by atoms with E-state index in [1.54, 1.807) is 6.20 Å². The standard InChI is InChI=1S/C13H21N3O/c1-8-4-5-11(6-9(8)2)15-13(17)12-7-14-16-10(12)3/h7-9,11H,4-6H2,1-3H3,(H,14,16)(H,15,17). The van der Waals surface area contributed by atoms with Crippen molar-refractivity contribution >= 4 is 5.91 Å². The zero-order valence-corrected chi connectivity index (χ0v) is 10.8. The first-order chi connectivity index (χ1) is 8.08. The molecule has 1 fully saturated rings. The molecule has 1 aliphatic rings. The molecule has 0 saturated heterocycles. The number of carbonyl (C=O) groups excluding carboxylic acids is 1. The minimum Gasteiger partial charge on any atom is -0.349 e. The number of carbonyl (C=O) groups is 1. The molecular weight excluding hydrogens is 214 g/mol. The molecule has 1 aliphatic carbocycles. The highest BCUT2D eigenvalue weighted by atomic mass is 16.1. The Labute approximate surface area is 102 Å². The van der Waals surface area contributed by atoms with E-state index >= 15 is 0 Å². The number of amides is 1. The van der Waals surface area contributed by atoms with E-state index in [0.717, 1.165) is 24.5 Å². The Hall–Kier alpha value is -1.32. The zero-order chi connectivity index (χ0) is 12.4. The highest BCUT2D eigenvalue weighted by Gasteiger charge is 2.26. The predicted molar refractivity (Wildman–Crippen MR) is 66.8 cm³/mol. The fourth-order valence-corrected chi connectivity index (χ4v) is 2.52. The van der Waals surface area contributed by atoms with Crippen LogP contribution in [0.1, 0.15) is 49.2 Å². The Morgan fingerprint density at radius 3 is 2.76 bits per heavy atom. The first-order valence-electron chi connectivity index (χ1n) is 6.38. The fraction of sp³-hybridized carbons (Fsp3) is 0.692. The molecule has 1 heterocycles. The van der Waals surface area contributed by atoms with Gasteiger partial charge in [0.05, 0.1) is 11.8 Å². The summed E-state index contributed by atoms with van der Waals surface area (Å²) in [6, 6.07) is 0.322. The lowest BCUT2D eigenvalue weighted by atomic mass is 9.79. The number of H-pyrrole nitrogens is 1. The summed E-state index contributed by atoms with van der Waals surface area (Å²) in [5, 5.41) is 9.78. The maximum absolute atomic E-state index is 12.0. The summed E-state index contributed by atoms with van der Waals surface area (Å²) in [4.78, 5) is 12.0. The molecule has 3 unspecified atom stereocenters. The number of hydrogen-bond donors (Lipinski definition) is 2. The first kappa shape index (κ1) is 12.1. The Morgan fingerprint density at radius 2 is 2.18 bits per heavy atom.